The SMILES string of the molecule is CCOC1CC(Nc2cc(C)c([N+](=O)[O-])cn2)C1. The van der Waals surface area contributed by atoms with Crippen molar-refractivity contribution in [3.05, 3.63) is 27.9 Å². The maximum atomic E-state index is 10.7. The maximum Gasteiger partial charge on any atom is 0.290 e. The predicted octanol–water partition coefficient (Wildman–Crippen LogP) is 2.28. The van der Waals surface area contributed by atoms with Crippen molar-refractivity contribution in [2.45, 2.75) is 38.8 Å². The molecule has 18 heavy (non-hydrogen) atoms. The number of pyridine rings is 1. The first-order valence-corrected chi connectivity index (χ1v) is 6.09. The molecule has 1 N–H and O–H groups in total. The summed E-state index contributed by atoms with van der Waals surface area (Å²) in [5, 5.41) is 13.9. The Kier molecular flexibility index (Phi) is 3.76. The van der Waals surface area contributed by atoms with Crippen molar-refractivity contribution in [2.75, 3.05) is 11.9 Å². The van der Waals surface area contributed by atoms with E-state index in [4.69, 9.17) is 4.74 Å². The Hall–Kier alpha value is -1.69. The topological polar surface area (TPSA) is 77.3 Å². The molecule has 1 aliphatic rings. The summed E-state index contributed by atoms with van der Waals surface area (Å²) in [6.45, 7) is 4.45. The van der Waals surface area contributed by atoms with Crippen LogP contribution in [0.25, 0.3) is 0 Å². The summed E-state index contributed by atoms with van der Waals surface area (Å²) < 4.78 is 5.47. The van der Waals surface area contributed by atoms with E-state index in [1.807, 2.05) is 6.92 Å². The number of aromatic nitrogens is 1. The molecule has 0 amide bonds. The Morgan fingerprint density at radius 1 is 1.61 bits per heavy atom. The lowest BCUT2D eigenvalue weighted by Crippen LogP contribution is -2.41. The molecule has 6 heteroatoms. The Balaban J connectivity index is 1.92. The monoisotopic (exact) mass is 251 g/mol. The van der Waals surface area contributed by atoms with Crippen molar-refractivity contribution in [2.24, 2.45) is 0 Å². The van der Waals surface area contributed by atoms with Crippen LogP contribution in [0.2, 0.25) is 0 Å². The first kappa shape index (κ1) is 12.8. The van der Waals surface area contributed by atoms with E-state index in [9.17, 15) is 10.1 Å². The number of aryl methyl sites for hydroxylation is 1. The van der Waals surface area contributed by atoms with Crippen LogP contribution in [0.1, 0.15) is 25.3 Å². The van der Waals surface area contributed by atoms with Gasteiger partial charge in [0.05, 0.1) is 11.0 Å². The molecule has 1 aromatic rings. The predicted molar refractivity (Wildman–Crippen MR) is 67.7 cm³/mol. The number of nitrogens with zero attached hydrogens (tertiary/aromatic N) is 2. The van der Waals surface area contributed by atoms with Gasteiger partial charge >= 0.3 is 0 Å². The average Bonchev–Trinajstić information content (AvgIpc) is 2.26. The highest BCUT2D eigenvalue weighted by molar-refractivity contribution is 5.47. The molecule has 0 spiro atoms. The lowest BCUT2D eigenvalue weighted by atomic mass is 9.89. The minimum Gasteiger partial charge on any atom is -0.378 e. The average molecular weight is 251 g/mol. The van der Waals surface area contributed by atoms with Gasteiger partial charge in [0, 0.05) is 18.2 Å². The number of hydrogen-bond acceptors (Lipinski definition) is 5. The zero-order chi connectivity index (χ0) is 13.1. The van der Waals surface area contributed by atoms with Gasteiger partial charge in [-0.15, -0.1) is 0 Å². The third-order valence-corrected chi connectivity index (χ3v) is 3.13. The molecule has 0 aromatic carbocycles. The van der Waals surface area contributed by atoms with Crippen molar-refractivity contribution in [1.29, 1.82) is 0 Å². The van der Waals surface area contributed by atoms with Gasteiger partial charge in [-0.2, -0.15) is 0 Å². The van der Waals surface area contributed by atoms with E-state index < -0.39 is 4.92 Å². The van der Waals surface area contributed by atoms with Crippen molar-refractivity contribution in [3.8, 4) is 0 Å². The lowest BCUT2D eigenvalue weighted by Gasteiger charge is -2.35. The first-order valence-electron chi connectivity index (χ1n) is 6.09. The number of ether oxygens (including phenoxy) is 1. The van der Waals surface area contributed by atoms with E-state index in [2.05, 4.69) is 10.3 Å². The highest BCUT2D eigenvalue weighted by Crippen LogP contribution is 2.27. The van der Waals surface area contributed by atoms with Gasteiger partial charge in [-0.3, -0.25) is 10.1 Å². The van der Waals surface area contributed by atoms with E-state index in [0.717, 1.165) is 19.4 Å². The number of anilines is 1. The fourth-order valence-electron chi connectivity index (χ4n) is 2.08. The van der Waals surface area contributed by atoms with Crippen LogP contribution in [0.5, 0.6) is 0 Å². The number of rotatable bonds is 5. The van der Waals surface area contributed by atoms with E-state index in [1.165, 1.54) is 6.20 Å². The minimum atomic E-state index is -0.416. The van der Waals surface area contributed by atoms with Crippen molar-refractivity contribution in [3.63, 3.8) is 0 Å². The summed E-state index contributed by atoms with van der Waals surface area (Å²) in [6, 6.07) is 2.07. The Bertz CT molecular complexity index is 444. The first-order chi connectivity index (χ1) is 8.60. The van der Waals surface area contributed by atoms with Gasteiger partial charge in [-0.05, 0) is 32.8 Å². The fraction of sp³-hybridized carbons (Fsp3) is 0.583. The maximum absolute atomic E-state index is 10.7. The molecule has 0 unspecified atom stereocenters. The molecular weight excluding hydrogens is 234 g/mol. The lowest BCUT2D eigenvalue weighted by molar-refractivity contribution is -0.385. The molecule has 1 saturated carbocycles. The largest absolute Gasteiger partial charge is 0.378 e. The van der Waals surface area contributed by atoms with E-state index in [-0.39, 0.29) is 5.69 Å². The molecule has 2 rings (SSSR count). The normalized spacial score (nSPS) is 22.3. The molecule has 0 radical (unpaired) electrons. The quantitative estimate of drug-likeness (QED) is 0.641. The molecule has 1 aromatic heterocycles. The molecule has 0 atom stereocenters. The van der Waals surface area contributed by atoms with Gasteiger partial charge < -0.3 is 10.1 Å². The second-order valence-electron chi connectivity index (χ2n) is 4.50. The summed E-state index contributed by atoms with van der Waals surface area (Å²) in [4.78, 5) is 14.3. The zero-order valence-electron chi connectivity index (χ0n) is 10.5. The summed E-state index contributed by atoms with van der Waals surface area (Å²) in [6.07, 6.45) is 3.57. The smallest absolute Gasteiger partial charge is 0.290 e. The van der Waals surface area contributed by atoms with Crippen LogP contribution < -0.4 is 5.32 Å². The van der Waals surface area contributed by atoms with Crippen LogP contribution in [0.4, 0.5) is 11.5 Å². The number of nitro groups is 1. The highest BCUT2D eigenvalue weighted by atomic mass is 16.6. The molecule has 0 saturated heterocycles. The molecule has 0 aliphatic heterocycles. The Labute approximate surface area is 106 Å². The summed E-state index contributed by atoms with van der Waals surface area (Å²) in [5.41, 5.74) is 0.680. The van der Waals surface area contributed by atoms with Gasteiger partial charge in [0.15, 0.2) is 0 Å². The number of nitrogens with one attached hydrogen (secondary N) is 1. The van der Waals surface area contributed by atoms with Crippen LogP contribution >= 0.6 is 0 Å². The third-order valence-electron chi connectivity index (χ3n) is 3.13. The molecule has 6 nitrogen and oxygen atoms in total. The van der Waals surface area contributed by atoms with E-state index in [1.54, 1.807) is 13.0 Å². The van der Waals surface area contributed by atoms with Gasteiger partial charge in [0.2, 0.25) is 0 Å². The highest BCUT2D eigenvalue weighted by Gasteiger charge is 2.29. The molecule has 1 heterocycles. The van der Waals surface area contributed by atoms with Gasteiger partial charge in [-0.1, -0.05) is 0 Å². The minimum absolute atomic E-state index is 0.0568. The summed E-state index contributed by atoms with van der Waals surface area (Å²) in [7, 11) is 0. The van der Waals surface area contributed by atoms with Crippen molar-refractivity contribution < 1.29 is 9.66 Å². The summed E-state index contributed by atoms with van der Waals surface area (Å²) in [5.74, 6) is 0.693. The van der Waals surface area contributed by atoms with Crippen LogP contribution in [-0.2, 0) is 4.74 Å². The second-order valence-corrected chi connectivity index (χ2v) is 4.50. The van der Waals surface area contributed by atoms with Crippen LogP contribution in [0.3, 0.4) is 0 Å². The van der Waals surface area contributed by atoms with Gasteiger partial charge in [-0.25, -0.2) is 4.98 Å². The van der Waals surface area contributed by atoms with Crippen LogP contribution in [0.15, 0.2) is 12.3 Å². The van der Waals surface area contributed by atoms with Crippen LogP contribution in [0, 0.1) is 17.0 Å². The van der Waals surface area contributed by atoms with Crippen LogP contribution in [-0.4, -0.2) is 28.7 Å². The van der Waals surface area contributed by atoms with Crippen molar-refractivity contribution in [1.82, 2.24) is 4.98 Å². The molecule has 1 aliphatic carbocycles. The van der Waals surface area contributed by atoms with E-state index in [0.29, 0.717) is 23.5 Å². The fourth-order valence-corrected chi connectivity index (χ4v) is 2.08. The molecule has 1 fully saturated rings. The zero-order valence-corrected chi connectivity index (χ0v) is 10.5. The van der Waals surface area contributed by atoms with E-state index >= 15 is 0 Å². The van der Waals surface area contributed by atoms with Gasteiger partial charge in [0.1, 0.15) is 12.0 Å². The Morgan fingerprint density at radius 3 is 2.89 bits per heavy atom. The Morgan fingerprint density at radius 2 is 2.33 bits per heavy atom. The molecule has 98 valence electrons. The molecule has 0 bridgehead atoms. The number of hydrogen-bond donors (Lipinski definition) is 1. The standard InChI is InChI=1S/C12H17N3O3/c1-3-18-10-5-9(6-10)14-12-4-8(2)11(7-13-12)15(16)17/h4,7,9-10H,3,5-6H2,1-2H3,(H,13,14). The molecular formula is C12H17N3O3. The van der Waals surface area contributed by atoms with Crippen molar-refractivity contribution >= 4 is 11.5 Å². The summed E-state index contributed by atoms with van der Waals surface area (Å²) >= 11 is 0. The second kappa shape index (κ2) is 5.30. The third kappa shape index (κ3) is 2.76. The van der Waals surface area contributed by atoms with Gasteiger partial charge in [0.25, 0.3) is 5.69 Å².